The van der Waals surface area contributed by atoms with E-state index in [9.17, 15) is 0 Å². The summed E-state index contributed by atoms with van der Waals surface area (Å²) in [5, 5.41) is 5.16. The maximum atomic E-state index is 5.41. The third kappa shape index (κ3) is 5.16. The molecule has 0 bridgehead atoms. The van der Waals surface area contributed by atoms with Gasteiger partial charge in [0.25, 0.3) is 0 Å². The Labute approximate surface area is 334 Å². The number of thioether (sulfide) groups is 1. The van der Waals surface area contributed by atoms with Gasteiger partial charge in [-0.15, -0.1) is 11.8 Å². The topological polar surface area (TPSA) is 34.6 Å². The number of aromatic nitrogens is 2. The van der Waals surface area contributed by atoms with E-state index in [0.717, 1.165) is 46.7 Å². The van der Waals surface area contributed by atoms with Gasteiger partial charge < -0.3 is 9.13 Å². The first-order chi connectivity index (χ1) is 28.3. The highest BCUT2D eigenvalue weighted by Crippen LogP contribution is 2.49. The van der Waals surface area contributed by atoms with Crippen LogP contribution < -0.4 is 0 Å². The fourth-order valence-electron chi connectivity index (χ4n) is 9.30. The molecule has 0 N–H and O–H groups in total. The fraction of sp³-hybridized carbons (Fsp3) is 0.0769. The molecule has 2 unspecified atom stereocenters. The van der Waals surface area contributed by atoms with E-state index in [0.29, 0.717) is 0 Å². The Morgan fingerprint density at radius 1 is 0.509 bits per heavy atom. The lowest BCUT2D eigenvalue weighted by atomic mass is 9.93. The van der Waals surface area contributed by atoms with Gasteiger partial charge in [-0.1, -0.05) is 121 Å². The first kappa shape index (κ1) is 32.5. The van der Waals surface area contributed by atoms with Gasteiger partial charge in [0.15, 0.2) is 5.84 Å². The highest BCUT2D eigenvalue weighted by atomic mass is 32.2. The predicted molar refractivity (Wildman–Crippen MR) is 240 cm³/mol. The van der Waals surface area contributed by atoms with Gasteiger partial charge in [-0.2, -0.15) is 0 Å². The molecule has 270 valence electrons. The van der Waals surface area contributed by atoms with Crippen molar-refractivity contribution >= 4 is 66.9 Å². The Hall–Kier alpha value is -6.69. The molecule has 4 nitrogen and oxygen atoms in total. The Bertz CT molecular complexity index is 3160. The highest BCUT2D eigenvalue weighted by molar-refractivity contribution is 8.05. The number of hydrogen-bond donors (Lipinski definition) is 0. The molecule has 7 aromatic carbocycles. The smallest absolute Gasteiger partial charge is 0.155 e. The van der Waals surface area contributed by atoms with Gasteiger partial charge in [0.1, 0.15) is 0 Å². The molecular weight excluding hydrogens is 713 g/mol. The van der Waals surface area contributed by atoms with Crippen LogP contribution in [0.5, 0.6) is 0 Å². The fourth-order valence-corrected chi connectivity index (χ4v) is 10.8. The summed E-state index contributed by atoms with van der Waals surface area (Å²) >= 11 is 1.97. The van der Waals surface area contributed by atoms with E-state index in [1.165, 1.54) is 65.4 Å². The minimum atomic E-state index is 0.00514. The number of fused-ring (bicyclic) bond motifs is 8. The molecule has 1 aliphatic carbocycles. The molecule has 5 heteroatoms. The molecule has 9 aromatic rings. The maximum absolute atomic E-state index is 5.41. The van der Waals surface area contributed by atoms with Crippen LogP contribution in [0.1, 0.15) is 30.0 Å². The van der Waals surface area contributed by atoms with Crippen molar-refractivity contribution in [2.45, 2.75) is 24.1 Å². The minimum absolute atomic E-state index is 0.00514. The monoisotopic (exact) mass is 748 g/mol. The molecule has 12 rings (SSSR count). The Morgan fingerprint density at radius 3 is 1.93 bits per heavy atom. The third-order valence-corrected chi connectivity index (χ3v) is 13.4. The van der Waals surface area contributed by atoms with Gasteiger partial charge in [0, 0.05) is 44.1 Å². The lowest BCUT2D eigenvalue weighted by Crippen LogP contribution is -2.28. The lowest BCUT2D eigenvalue weighted by Gasteiger charge is -2.26. The molecule has 57 heavy (non-hydrogen) atoms. The summed E-state index contributed by atoms with van der Waals surface area (Å²) in [5.74, 6) is 0.808. The summed E-state index contributed by atoms with van der Waals surface area (Å²) in [6, 6.07) is 61.6. The molecule has 4 heterocycles. The van der Waals surface area contributed by atoms with Crippen LogP contribution in [0.25, 0.3) is 66.1 Å². The normalized spacial score (nSPS) is 17.7. The number of rotatable bonds is 5. The average molecular weight is 749 g/mol. The van der Waals surface area contributed by atoms with Gasteiger partial charge in [0.2, 0.25) is 0 Å². The molecule has 0 saturated carbocycles. The van der Waals surface area contributed by atoms with Crippen LogP contribution in [0.15, 0.2) is 202 Å². The summed E-state index contributed by atoms with van der Waals surface area (Å²) in [5.41, 5.74) is 14.1. The zero-order valence-corrected chi connectivity index (χ0v) is 31.9. The van der Waals surface area contributed by atoms with Crippen LogP contribution in [0.4, 0.5) is 0 Å². The van der Waals surface area contributed by atoms with Crippen molar-refractivity contribution in [3.63, 3.8) is 0 Å². The Balaban J connectivity index is 1.02. The number of allylic oxidation sites excluding steroid dienone is 4. The second kappa shape index (κ2) is 12.9. The first-order valence-corrected chi connectivity index (χ1v) is 20.7. The molecule has 0 spiro atoms. The number of para-hydroxylation sites is 3. The zero-order valence-electron chi connectivity index (χ0n) is 31.1. The summed E-state index contributed by atoms with van der Waals surface area (Å²) in [4.78, 5) is 12.2. The van der Waals surface area contributed by atoms with Crippen molar-refractivity contribution in [2.24, 2.45) is 9.98 Å². The van der Waals surface area contributed by atoms with E-state index in [-0.39, 0.29) is 11.3 Å². The standard InChI is InChI=1S/C52H36N4S/c1-3-14-33(15-4-1)49-51-50(41-22-9-12-25-48(41)57-51)54-52(53-49)36-17-13-16-34(30-36)35-26-28-46-42(31-35)43-32-38(27-29-47(43)55(46)37-18-5-2-6-19-37)56-44-23-10-7-20-39(44)40-21-8-11-24-45(40)56/h1-11,13-24,26-32,49,51H,12,25H2. The lowest BCUT2D eigenvalue weighted by molar-refractivity contribution is 0.770. The first-order valence-electron chi connectivity index (χ1n) is 19.8. The predicted octanol–water partition coefficient (Wildman–Crippen LogP) is 13.2. The SMILES string of the molecule is C1=CC2=C(CC1)SC1C2=NC(c2cccc(-c3ccc4c(c3)c3cc(-n5c6ccccc6c6ccccc65)ccc3n4-c3ccccc3)c2)=NC1c1ccccc1. The average Bonchev–Trinajstić information content (AvgIpc) is 3.94. The molecule has 3 aliphatic rings. The summed E-state index contributed by atoms with van der Waals surface area (Å²) in [7, 11) is 0. The third-order valence-electron chi connectivity index (χ3n) is 11.9. The molecule has 0 saturated heterocycles. The summed E-state index contributed by atoms with van der Waals surface area (Å²) < 4.78 is 4.81. The molecule has 0 fully saturated rings. The number of nitrogens with zero attached hydrogens (tertiary/aromatic N) is 4. The van der Waals surface area contributed by atoms with Crippen LogP contribution in [-0.2, 0) is 0 Å². The van der Waals surface area contributed by atoms with E-state index in [1.54, 1.807) is 0 Å². The largest absolute Gasteiger partial charge is 0.309 e. The van der Waals surface area contributed by atoms with Crippen LogP contribution in [0.2, 0.25) is 0 Å². The highest BCUT2D eigenvalue weighted by Gasteiger charge is 2.40. The zero-order chi connectivity index (χ0) is 37.5. The van der Waals surface area contributed by atoms with Crippen LogP contribution >= 0.6 is 11.8 Å². The van der Waals surface area contributed by atoms with E-state index in [4.69, 9.17) is 9.98 Å². The van der Waals surface area contributed by atoms with Crippen LogP contribution in [0.3, 0.4) is 0 Å². The maximum Gasteiger partial charge on any atom is 0.155 e. The van der Waals surface area contributed by atoms with Crippen molar-refractivity contribution in [1.82, 2.24) is 9.13 Å². The number of hydrogen-bond acceptors (Lipinski definition) is 3. The van der Waals surface area contributed by atoms with Crippen molar-refractivity contribution in [1.29, 1.82) is 0 Å². The summed E-state index contributed by atoms with van der Waals surface area (Å²) in [6.07, 6.45) is 6.76. The Kier molecular flexibility index (Phi) is 7.39. The molecule has 0 radical (unpaired) electrons. The van der Waals surface area contributed by atoms with Crippen molar-refractivity contribution in [3.05, 3.63) is 204 Å². The van der Waals surface area contributed by atoms with E-state index < -0.39 is 0 Å². The van der Waals surface area contributed by atoms with E-state index >= 15 is 0 Å². The van der Waals surface area contributed by atoms with Crippen LogP contribution in [-0.4, -0.2) is 25.9 Å². The summed E-state index contributed by atoms with van der Waals surface area (Å²) in [6.45, 7) is 0. The van der Waals surface area contributed by atoms with Gasteiger partial charge in [-0.3, -0.25) is 4.99 Å². The molecule has 2 aromatic heterocycles. The van der Waals surface area contributed by atoms with Gasteiger partial charge in [-0.05, 0) is 95.1 Å². The number of benzene rings is 7. The molecular formula is C52H36N4S. The van der Waals surface area contributed by atoms with Crippen molar-refractivity contribution < 1.29 is 0 Å². The quantitative estimate of drug-likeness (QED) is 0.173. The molecule has 2 atom stereocenters. The second-order valence-electron chi connectivity index (χ2n) is 15.2. The van der Waals surface area contributed by atoms with E-state index in [2.05, 4.69) is 191 Å². The molecule has 2 aliphatic heterocycles. The van der Waals surface area contributed by atoms with Crippen molar-refractivity contribution in [2.75, 3.05) is 0 Å². The van der Waals surface area contributed by atoms with Crippen LogP contribution in [0, 0.1) is 0 Å². The molecule has 0 amide bonds. The minimum Gasteiger partial charge on any atom is -0.309 e. The van der Waals surface area contributed by atoms with Gasteiger partial charge in [-0.25, -0.2) is 4.99 Å². The number of aliphatic imine (C=N–C) groups is 2. The second-order valence-corrected chi connectivity index (χ2v) is 16.4. The Morgan fingerprint density at radius 2 is 1.14 bits per heavy atom. The van der Waals surface area contributed by atoms with E-state index in [1.807, 2.05) is 11.8 Å². The van der Waals surface area contributed by atoms with Gasteiger partial charge >= 0.3 is 0 Å². The van der Waals surface area contributed by atoms with Crippen molar-refractivity contribution in [3.8, 4) is 22.5 Å². The number of amidine groups is 1. The van der Waals surface area contributed by atoms with Gasteiger partial charge in [0.05, 0.1) is 39.1 Å².